The van der Waals surface area contributed by atoms with Crippen molar-refractivity contribution in [1.82, 2.24) is 5.32 Å². The lowest BCUT2D eigenvalue weighted by Crippen LogP contribution is -2.29. The van der Waals surface area contributed by atoms with Crippen LogP contribution in [-0.2, 0) is 27.9 Å². The molecule has 0 spiro atoms. The standard InChI is InChI=1S/C11H20NO7P/c1-4-10(13)16-7-6-12-11(14)17-8-9-19-20(3,15)18-5-2/h4H,1,5-9H2,2-3H3,(H,12,14). The lowest BCUT2D eigenvalue weighted by molar-refractivity contribution is -0.137. The summed E-state index contributed by atoms with van der Waals surface area (Å²) in [5.41, 5.74) is 0. The third kappa shape index (κ3) is 10.5. The van der Waals surface area contributed by atoms with Crippen LogP contribution in [0.25, 0.3) is 0 Å². The number of carbonyl (C=O) groups is 2. The highest BCUT2D eigenvalue weighted by atomic mass is 31.2. The van der Waals surface area contributed by atoms with Crippen molar-refractivity contribution in [3.8, 4) is 0 Å². The van der Waals surface area contributed by atoms with Gasteiger partial charge in [0.15, 0.2) is 0 Å². The van der Waals surface area contributed by atoms with Crippen LogP contribution in [0.5, 0.6) is 0 Å². The highest BCUT2D eigenvalue weighted by molar-refractivity contribution is 7.52. The molecule has 0 aromatic heterocycles. The van der Waals surface area contributed by atoms with Gasteiger partial charge in [-0.15, -0.1) is 0 Å². The van der Waals surface area contributed by atoms with E-state index in [1.807, 2.05) is 0 Å². The summed E-state index contributed by atoms with van der Waals surface area (Å²) in [6.45, 7) is 6.57. The number of amides is 1. The van der Waals surface area contributed by atoms with Gasteiger partial charge in [0.05, 0.1) is 19.8 Å². The minimum atomic E-state index is -3.07. The van der Waals surface area contributed by atoms with E-state index in [9.17, 15) is 14.2 Å². The number of rotatable bonds is 10. The van der Waals surface area contributed by atoms with Crippen LogP contribution in [0.3, 0.4) is 0 Å². The minimum absolute atomic E-state index is 0.0188. The van der Waals surface area contributed by atoms with Gasteiger partial charge < -0.3 is 23.8 Å². The number of esters is 1. The fourth-order valence-electron chi connectivity index (χ4n) is 1.02. The van der Waals surface area contributed by atoms with Gasteiger partial charge in [0.1, 0.15) is 13.2 Å². The monoisotopic (exact) mass is 309 g/mol. The lowest BCUT2D eigenvalue weighted by atomic mass is 10.6. The third-order valence-electron chi connectivity index (χ3n) is 1.79. The smallest absolute Gasteiger partial charge is 0.407 e. The predicted molar refractivity (Wildman–Crippen MR) is 71.6 cm³/mol. The number of nitrogens with one attached hydrogen (secondary N) is 1. The summed E-state index contributed by atoms with van der Waals surface area (Å²) in [5, 5.41) is 2.36. The minimum Gasteiger partial charge on any atom is -0.461 e. The Morgan fingerprint density at radius 3 is 2.50 bits per heavy atom. The average Bonchev–Trinajstić information content (AvgIpc) is 2.39. The van der Waals surface area contributed by atoms with Crippen LogP contribution in [0, 0.1) is 0 Å². The number of alkyl carbamates (subject to hydrolysis) is 1. The van der Waals surface area contributed by atoms with E-state index in [0.717, 1.165) is 6.08 Å². The van der Waals surface area contributed by atoms with Crippen molar-refractivity contribution in [2.45, 2.75) is 6.92 Å². The van der Waals surface area contributed by atoms with Crippen LogP contribution < -0.4 is 5.32 Å². The third-order valence-corrected chi connectivity index (χ3v) is 3.17. The first-order valence-corrected chi connectivity index (χ1v) is 7.96. The topological polar surface area (TPSA) is 100 Å². The predicted octanol–water partition coefficient (Wildman–Crippen LogP) is 1.32. The van der Waals surface area contributed by atoms with Gasteiger partial charge in [0.25, 0.3) is 0 Å². The Morgan fingerprint density at radius 1 is 1.20 bits per heavy atom. The number of hydrogen-bond donors (Lipinski definition) is 1. The Bertz CT molecular complexity index is 372. The van der Waals surface area contributed by atoms with Gasteiger partial charge in [-0.05, 0) is 6.92 Å². The molecular weight excluding hydrogens is 289 g/mol. The quantitative estimate of drug-likeness (QED) is 0.281. The molecule has 8 nitrogen and oxygen atoms in total. The molecular formula is C11H20NO7P. The van der Waals surface area contributed by atoms with Crippen molar-refractivity contribution in [2.75, 3.05) is 39.6 Å². The van der Waals surface area contributed by atoms with Gasteiger partial charge in [-0.3, -0.25) is 4.57 Å². The fourth-order valence-corrected chi connectivity index (χ4v) is 1.97. The second-order valence-corrected chi connectivity index (χ2v) is 5.52. The number of carbonyl (C=O) groups excluding carboxylic acids is 2. The Kier molecular flexibility index (Phi) is 9.71. The Balaban J connectivity index is 3.57. The number of hydrogen-bond acceptors (Lipinski definition) is 7. The van der Waals surface area contributed by atoms with Crippen LogP contribution >= 0.6 is 7.60 Å². The van der Waals surface area contributed by atoms with Crippen LogP contribution in [0.4, 0.5) is 4.79 Å². The maximum atomic E-state index is 11.5. The molecule has 1 unspecified atom stereocenters. The molecule has 0 aliphatic rings. The van der Waals surface area contributed by atoms with Gasteiger partial charge in [-0.2, -0.15) is 0 Å². The molecule has 0 aromatic carbocycles. The molecule has 9 heteroatoms. The first kappa shape index (κ1) is 18.6. The molecule has 0 aromatic rings. The molecule has 0 heterocycles. The van der Waals surface area contributed by atoms with Gasteiger partial charge in [0, 0.05) is 12.7 Å². The second-order valence-electron chi connectivity index (χ2n) is 3.46. The van der Waals surface area contributed by atoms with Crippen LogP contribution in [0.15, 0.2) is 12.7 Å². The van der Waals surface area contributed by atoms with Crippen molar-refractivity contribution in [1.29, 1.82) is 0 Å². The Hall–Kier alpha value is -1.37. The first-order chi connectivity index (χ1) is 9.41. The van der Waals surface area contributed by atoms with Gasteiger partial charge in [-0.25, -0.2) is 9.59 Å². The summed E-state index contributed by atoms with van der Waals surface area (Å²) >= 11 is 0. The van der Waals surface area contributed by atoms with E-state index in [4.69, 9.17) is 13.8 Å². The van der Waals surface area contributed by atoms with Crippen molar-refractivity contribution < 1.29 is 32.7 Å². The number of ether oxygens (including phenoxy) is 2. The zero-order valence-electron chi connectivity index (χ0n) is 11.6. The van der Waals surface area contributed by atoms with E-state index in [1.165, 1.54) is 6.66 Å². The molecule has 0 saturated carbocycles. The normalized spacial score (nSPS) is 13.1. The maximum Gasteiger partial charge on any atom is 0.407 e. The van der Waals surface area contributed by atoms with Crippen molar-refractivity contribution in [2.24, 2.45) is 0 Å². The molecule has 20 heavy (non-hydrogen) atoms. The summed E-state index contributed by atoms with van der Waals surface area (Å²) in [6, 6.07) is 0. The zero-order chi connectivity index (χ0) is 15.4. The summed E-state index contributed by atoms with van der Waals surface area (Å²) in [6.07, 6.45) is 0.336. The molecule has 0 radical (unpaired) electrons. The molecule has 0 fully saturated rings. The van der Waals surface area contributed by atoms with Gasteiger partial charge in [-0.1, -0.05) is 6.58 Å². The summed E-state index contributed by atoms with van der Waals surface area (Å²) in [5.74, 6) is -0.566. The van der Waals surface area contributed by atoms with E-state index < -0.39 is 19.7 Å². The van der Waals surface area contributed by atoms with E-state index in [2.05, 4.69) is 16.6 Å². The van der Waals surface area contributed by atoms with E-state index in [1.54, 1.807) is 6.92 Å². The summed E-state index contributed by atoms with van der Waals surface area (Å²) in [7, 11) is -3.07. The van der Waals surface area contributed by atoms with Crippen LogP contribution in [-0.4, -0.2) is 51.7 Å². The summed E-state index contributed by atoms with van der Waals surface area (Å²) in [4.78, 5) is 21.8. The van der Waals surface area contributed by atoms with Crippen molar-refractivity contribution in [3.05, 3.63) is 12.7 Å². The molecule has 0 aliphatic heterocycles. The molecule has 0 aliphatic carbocycles. The Labute approximate surface area is 117 Å². The van der Waals surface area contributed by atoms with Crippen molar-refractivity contribution >= 4 is 19.7 Å². The largest absolute Gasteiger partial charge is 0.461 e. The molecule has 0 bridgehead atoms. The van der Waals surface area contributed by atoms with Gasteiger partial charge >= 0.3 is 19.7 Å². The average molecular weight is 309 g/mol. The van der Waals surface area contributed by atoms with E-state index >= 15 is 0 Å². The highest BCUT2D eigenvalue weighted by Crippen LogP contribution is 2.43. The molecule has 1 amide bonds. The SMILES string of the molecule is C=CC(=O)OCCNC(=O)OCCOP(C)(=O)OCC. The van der Waals surface area contributed by atoms with E-state index in [-0.39, 0.29) is 33.0 Å². The molecule has 0 saturated heterocycles. The maximum absolute atomic E-state index is 11.5. The zero-order valence-corrected chi connectivity index (χ0v) is 12.5. The molecule has 116 valence electrons. The highest BCUT2D eigenvalue weighted by Gasteiger charge is 2.15. The molecule has 1 N–H and O–H groups in total. The fraction of sp³-hybridized carbons (Fsp3) is 0.636. The first-order valence-electron chi connectivity index (χ1n) is 5.97. The van der Waals surface area contributed by atoms with E-state index in [0.29, 0.717) is 0 Å². The van der Waals surface area contributed by atoms with Crippen molar-refractivity contribution in [3.63, 3.8) is 0 Å². The molecule has 1 atom stereocenters. The Morgan fingerprint density at radius 2 is 1.90 bits per heavy atom. The van der Waals surface area contributed by atoms with Crippen LogP contribution in [0.1, 0.15) is 6.92 Å². The van der Waals surface area contributed by atoms with Crippen LogP contribution in [0.2, 0.25) is 0 Å². The molecule has 0 rings (SSSR count). The summed E-state index contributed by atoms with van der Waals surface area (Å²) < 4.78 is 30.7. The van der Waals surface area contributed by atoms with Gasteiger partial charge in [0.2, 0.25) is 0 Å². The lowest BCUT2D eigenvalue weighted by Gasteiger charge is -2.13. The second kappa shape index (κ2) is 10.4.